The predicted octanol–water partition coefficient (Wildman–Crippen LogP) is 2.95. The van der Waals surface area contributed by atoms with Crippen molar-refractivity contribution in [1.82, 2.24) is 5.32 Å². The SMILES string of the molecule is FC(F)(F)c1cccc2c1CC1CNCC2C1. The topological polar surface area (TPSA) is 12.0 Å². The fourth-order valence-corrected chi connectivity index (χ4v) is 3.19. The van der Waals surface area contributed by atoms with E-state index in [4.69, 9.17) is 0 Å². The number of halogens is 3. The minimum atomic E-state index is -4.22. The number of hydrogen-bond donors (Lipinski definition) is 1. The molecule has 0 saturated carbocycles. The van der Waals surface area contributed by atoms with Crippen molar-refractivity contribution in [1.29, 1.82) is 0 Å². The molecular weight excluding hydrogens is 227 g/mol. The van der Waals surface area contributed by atoms with Crippen LogP contribution in [0.15, 0.2) is 18.2 Å². The molecule has 1 nitrogen and oxygen atoms in total. The van der Waals surface area contributed by atoms with Crippen LogP contribution in [0.25, 0.3) is 0 Å². The third-order valence-corrected chi connectivity index (χ3v) is 3.89. The first-order valence-corrected chi connectivity index (χ1v) is 5.95. The molecule has 0 aromatic heterocycles. The number of hydrogen-bond acceptors (Lipinski definition) is 1. The summed E-state index contributed by atoms with van der Waals surface area (Å²) in [6.07, 6.45) is -2.62. The summed E-state index contributed by atoms with van der Waals surface area (Å²) in [6, 6.07) is 4.61. The minimum absolute atomic E-state index is 0.264. The molecule has 0 radical (unpaired) electrons. The molecule has 1 aliphatic carbocycles. The van der Waals surface area contributed by atoms with Crippen molar-refractivity contribution in [2.45, 2.75) is 24.9 Å². The molecule has 1 aromatic rings. The maximum absolute atomic E-state index is 12.9. The maximum atomic E-state index is 12.9. The summed E-state index contributed by atoms with van der Waals surface area (Å²) >= 11 is 0. The highest BCUT2D eigenvalue weighted by molar-refractivity contribution is 5.42. The first kappa shape index (κ1) is 11.1. The number of alkyl halides is 3. The minimum Gasteiger partial charge on any atom is -0.316 e. The van der Waals surface area contributed by atoms with E-state index in [9.17, 15) is 13.2 Å². The third kappa shape index (κ3) is 1.84. The Bertz CT molecular complexity index is 439. The van der Waals surface area contributed by atoms with Gasteiger partial charge < -0.3 is 5.32 Å². The molecule has 1 N–H and O–H groups in total. The summed E-state index contributed by atoms with van der Waals surface area (Å²) in [6.45, 7) is 1.66. The Hall–Kier alpha value is -1.03. The number of benzene rings is 1. The lowest BCUT2D eigenvalue weighted by molar-refractivity contribution is -0.138. The molecule has 1 fully saturated rings. The normalized spacial score (nSPS) is 27.7. The van der Waals surface area contributed by atoms with Crippen LogP contribution in [0.1, 0.15) is 29.0 Å². The van der Waals surface area contributed by atoms with Crippen LogP contribution in [0, 0.1) is 5.92 Å². The standard InChI is InChI=1S/C13H14F3N/c14-13(15,16)12-3-1-2-10-9-4-8(5-11(10)12)6-17-7-9/h1-3,8-9,17H,4-7H2. The molecule has 2 bridgehead atoms. The molecule has 92 valence electrons. The van der Waals surface area contributed by atoms with Crippen LogP contribution in [-0.2, 0) is 12.6 Å². The average Bonchev–Trinajstić information content (AvgIpc) is 2.27. The summed E-state index contributed by atoms with van der Waals surface area (Å²) in [5, 5.41) is 3.30. The Labute approximate surface area is 98.0 Å². The van der Waals surface area contributed by atoms with Crippen molar-refractivity contribution < 1.29 is 13.2 Å². The van der Waals surface area contributed by atoms with Gasteiger partial charge in [-0.2, -0.15) is 13.2 Å². The lowest BCUT2D eigenvalue weighted by Gasteiger charge is -2.37. The number of piperidine rings is 1. The molecule has 17 heavy (non-hydrogen) atoms. The largest absolute Gasteiger partial charge is 0.416 e. The van der Waals surface area contributed by atoms with Gasteiger partial charge >= 0.3 is 6.18 Å². The van der Waals surface area contributed by atoms with E-state index >= 15 is 0 Å². The molecule has 2 unspecified atom stereocenters. The van der Waals surface area contributed by atoms with E-state index in [-0.39, 0.29) is 5.92 Å². The summed E-state index contributed by atoms with van der Waals surface area (Å²) < 4.78 is 38.8. The second-order valence-corrected chi connectivity index (χ2v) is 5.03. The van der Waals surface area contributed by atoms with Crippen LogP contribution in [0.3, 0.4) is 0 Å². The van der Waals surface area contributed by atoms with Crippen LogP contribution < -0.4 is 5.32 Å². The van der Waals surface area contributed by atoms with E-state index in [0.717, 1.165) is 25.1 Å². The van der Waals surface area contributed by atoms with Gasteiger partial charge in [0, 0.05) is 6.54 Å². The molecule has 1 aromatic carbocycles. The quantitative estimate of drug-likeness (QED) is 0.736. The highest BCUT2D eigenvalue weighted by Crippen LogP contribution is 2.42. The van der Waals surface area contributed by atoms with Crippen molar-refractivity contribution in [3.05, 3.63) is 34.9 Å². The molecule has 1 saturated heterocycles. The fraction of sp³-hybridized carbons (Fsp3) is 0.538. The van der Waals surface area contributed by atoms with Gasteiger partial charge in [-0.15, -0.1) is 0 Å². The Kier molecular flexibility index (Phi) is 2.43. The van der Waals surface area contributed by atoms with Crippen LogP contribution in [0.2, 0.25) is 0 Å². The van der Waals surface area contributed by atoms with Crippen LogP contribution in [0.5, 0.6) is 0 Å². The second kappa shape index (κ2) is 3.73. The number of fused-ring (bicyclic) bond motifs is 4. The zero-order chi connectivity index (χ0) is 12.0. The third-order valence-electron chi connectivity index (χ3n) is 3.89. The monoisotopic (exact) mass is 241 g/mol. The van der Waals surface area contributed by atoms with Gasteiger partial charge in [0.05, 0.1) is 5.56 Å². The summed E-state index contributed by atoms with van der Waals surface area (Å²) in [5.74, 6) is 0.629. The fourth-order valence-electron chi connectivity index (χ4n) is 3.19. The first-order chi connectivity index (χ1) is 8.05. The predicted molar refractivity (Wildman–Crippen MR) is 58.9 cm³/mol. The lowest BCUT2D eigenvalue weighted by Crippen LogP contribution is -2.40. The van der Waals surface area contributed by atoms with Gasteiger partial charge in [0.25, 0.3) is 0 Å². The average molecular weight is 241 g/mol. The van der Waals surface area contributed by atoms with Gasteiger partial charge in [-0.05, 0) is 48.4 Å². The van der Waals surface area contributed by atoms with Crippen molar-refractivity contribution in [3.63, 3.8) is 0 Å². The summed E-state index contributed by atoms with van der Waals surface area (Å²) in [5.41, 5.74) is 1.03. The Morgan fingerprint density at radius 1 is 1.18 bits per heavy atom. The highest BCUT2D eigenvalue weighted by Gasteiger charge is 2.38. The van der Waals surface area contributed by atoms with Crippen molar-refractivity contribution >= 4 is 0 Å². The van der Waals surface area contributed by atoms with Crippen LogP contribution in [-0.4, -0.2) is 13.1 Å². The van der Waals surface area contributed by atoms with E-state index in [1.807, 2.05) is 6.07 Å². The molecule has 2 aliphatic rings. The smallest absolute Gasteiger partial charge is 0.316 e. The van der Waals surface area contributed by atoms with Gasteiger partial charge in [0.15, 0.2) is 0 Å². The zero-order valence-electron chi connectivity index (χ0n) is 9.35. The first-order valence-electron chi connectivity index (χ1n) is 5.95. The Morgan fingerprint density at radius 2 is 2.00 bits per heavy atom. The molecule has 1 aliphatic heterocycles. The Morgan fingerprint density at radius 3 is 2.76 bits per heavy atom. The van der Waals surface area contributed by atoms with E-state index in [0.29, 0.717) is 17.9 Å². The van der Waals surface area contributed by atoms with Gasteiger partial charge in [-0.25, -0.2) is 0 Å². The molecule has 2 atom stereocenters. The van der Waals surface area contributed by atoms with E-state index < -0.39 is 11.7 Å². The molecular formula is C13H14F3N. The van der Waals surface area contributed by atoms with Crippen LogP contribution >= 0.6 is 0 Å². The zero-order valence-corrected chi connectivity index (χ0v) is 9.35. The van der Waals surface area contributed by atoms with Crippen molar-refractivity contribution in [2.24, 2.45) is 5.92 Å². The highest BCUT2D eigenvalue weighted by atomic mass is 19.4. The summed E-state index contributed by atoms with van der Waals surface area (Å²) in [7, 11) is 0. The number of rotatable bonds is 0. The van der Waals surface area contributed by atoms with Gasteiger partial charge in [-0.3, -0.25) is 0 Å². The molecule has 0 amide bonds. The van der Waals surface area contributed by atoms with E-state index in [1.165, 1.54) is 12.1 Å². The van der Waals surface area contributed by atoms with Gasteiger partial charge in [0.1, 0.15) is 0 Å². The Balaban J connectivity index is 2.11. The molecule has 4 heteroatoms. The van der Waals surface area contributed by atoms with Crippen molar-refractivity contribution in [2.75, 3.05) is 13.1 Å². The number of nitrogens with one attached hydrogen (secondary N) is 1. The molecule has 0 spiro atoms. The second-order valence-electron chi connectivity index (χ2n) is 5.03. The van der Waals surface area contributed by atoms with E-state index in [1.54, 1.807) is 0 Å². The molecule has 3 rings (SSSR count). The van der Waals surface area contributed by atoms with Crippen molar-refractivity contribution in [3.8, 4) is 0 Å². The molecule has 1 heterocycles. The lowest BCUT2D eigenvalue weighted by atomic mass is 9.73. The van der Waals surface area contributed by atoms with Crippen LogP contribution in [0.4, 0.5) is 13.2 Å². The van der Waals surface area contributed by atoms with Gasteiger partial charge in [0.2, 0.25) is 0 Å². The summed E-state index contributed by atoms with van der Waals surface area (Å²) in [4.78, 5) is 0. The maximum Gasteiger partial charge on any atom is 0.416 e. The van der Waals surface area contributed by atoms with Gasteiger partial charge in [-0.1, -0.05) is 12.1 Å². The van der Waals surface area contributed by atoms with E-state index in [2.05, 4.69) is 5.32 Å².